The Balaban J connectivity index is 3.04. The fraction of sp³-hybridized carbons (Fsp3) is 0.952. The zero-order valence-electron chi connectivity index (χ0n) is 21.0. The molecule has 1 saturated heterocycles. The van der Waals surface area contributed by atoms with Gasteiger partial charge < -0.3 is 52.1 Å². The number of carbonyl (C=O) groups excluding carboxylic acids is 1. The summed E-state index contributed by atoms with van der Waals surface area (Å²) in [6, 6.07) is 0. The van der Waals surface area contributed by atoms with Crippen molar-refractivity contribution < 1.29 is 56.9 Å². The van der Waals surface area contributed by atoms with Crippen molar-refractivity contribution in [2.75, 3.05) is 77.2 Å². The summed E-state index contributed by atoms with van der Waals surface area (Å²) in [6.45, 7) is 0.286. The highest BCUT2D eigenvalue weighted by atomic mass is 16.7. The second-order valence-electron chi connectivity index (χ2n) is 7.29. The molecular weight excluding hydrogens is 444 g/mol. The Bertz CT molecular complexity index is 535. The highest BCUT2D eigenvalue weighted by molar-refractivity contribution is 5.75. The van der Waals surface area contributed by atoms with E-state index >= 15 is 0 Å². The van der Waals surface area contributed by atoms with Gasteiger partial charge in [0.1, 0.15) is 42.7 Å². The van der Waals surface area contributed by atoms with Crippen molar-refractivity contribution in [2.24, 2.45) is 0 Å². The van der Waals surface area contributed by atoms with Gasteiger partial charge >= 0.3 is 5.97 Å². The van der Waals surface area contributed by atoms with Crippen LogP contribution in [0.2, 0.25) is 0 Å². The average Bonchev–Trinajstić information content (AvgIpc) is 2.84. The van der Waals surface area contributed by atoms with Crippen LogP contribution in [-0.2, 0) is 56.9 Å². The van der Waals surface area contributed by atoms with Gasteiger partial charge in [-0.05, 0) is 0 Å². The molecule has 12 heteroatoms. The number of ether oxygens (including phenoxy) is 11. The molecule has 0 amide bonds. The third kappa shape index (κ3) is 7.52. The van der Waals surface area contributed by atoms with E-state index in [1.165, 1.54) is 42.7 Å². The molecule has 12 nitrogen and oxygen atoms in total. The van der Waals surface area contributed by atoms with Crippen LogP contribution in [0.3, 0.4) is 0 Å². The highest BCUT2D eigenvalue weighted by Gasteiger charge is 2.48. The third-order valence-electron chi connectivity index (χ3n) is 5.69. The minimum atomic E-state index is -1.04. The lowest BCUT2D eigenvalue weighted by Gasteiger charge is -2.44. The van der Waals surface area contributed by atoms with Crippen molar-refractivity contribution >= 4 is 5.97 Å². The summed E-state index contributed by atoms with van der Waals surface area (Å²) in [5.41, 5.74) is 0. The van der Waals surface area contributed by atoms with Gasteiger partial charge in [-0.1, -0.05) is 0 Å². The molecule has 0 aliphatic carbocycles. The molecule has 33 heavy (non-hydrogen) atoms. The van der Waals surface area contributed by atoms with Crippen molar-refractivity contribution in [1.82, 2.24) is 0 Å². The van der Waals surface area contributed by atoms with Crippen molar-refractivity contribution in [2.45, 2.75) is 55.1 Å². The Hall–Kier alpha value is -0.930. The SMILES string of the molecule is COCC1OC(OCC(OC)C(OC)C(OC)C(OC)C(=O)OC)C(OC)C(OC)C1OC. The predicted molar refractivity (Wildman–Crippen MR) is 114 cm³/mol. The van der Waals surface area contributed by atoms with Gasteiger partial charge in [-0.25, -0.2) is 4.79 Å². The van der Waals surface area contributed by atoms with Crippen molar-refractivity contribution in [3.8, 4) is 0 Å². The fourth-order valence-corrected chi connectivity index (χ4v) is 4.01. The second kappa shape index (κ2) is 15.9. The van der Waals surface area contributed by atoms with Gasteiger partial charge in [0.15, 0.2) is 12.4 Å². The van der Waals surface area contributed by atoms with Crippen LogP contribution in [0.15, 0.2) is 0 Å². The minimum absolute atomic E-state index is 0.0186. The van der Waals surface area contributed by atoms with Gasteiger partial charge in [0, 0.05) is 56.9 Å². The van der Waals surface area contributed by atoms with Gasteiger partial charge in [0.25, 0.3) is 0 Å². The zero-order chi connectivity index (χ0) is 25.0. The van der Waals surface area contributed by atoms with Gasteiger partial charge in [-0.3, -0.25) is 0 Å². The second-order valence-corrected chi connectivity index (χ2v) is 7.29. The Morgan fingerprint density at radius 2 is 1.36 bits per heavy atom. The van der Waals surface area contributed by atoms with Crippen LogP contribution >= 0.6 is 0 Å². The van der Waals surface area contributed by atoms with Crippen LogP contribution in [0.5, 0.6) is 0 Å². The smallest absolute Gasteiger partial charge is 0.337 e. The number of rotatable bonds is 16. The summed E-state index contributed by atoms with van der Waals surface area (Å²) < 4.78 is 61.1. The molecule has 1 aliphatic heterocycles. The first-order valence-electron chi connectivity index (χ1n) is 10.5. The average molecular weight is 485 g/mol. The lowest BCUT2D eigenvalue weighted by molar-refractivity contribution is -0.319. The van der Waals surface area contributed by atoms with Crippen LogP contribution in [0, 0.1) is 0 Å². The summed E-state index contributed by atoms with van der Waals surface area (Å²) in [5, 5.41) is 0. The van der Waals surface area contributed by atoms with Crippen LogP contribution in [0.25, 0.3) is 0 Å². The summed E-state index contributed by atoms with van der Waals surface area (Å²) in [7, 11) is 13.3. The van der Waals surface area contributed by atoms with E-state index in [0.717, 1.165) is 0 Å². The fourth-order valence-electron chi connectivity index (χ4n) is 4.01. The maximum atomic E-state index is 12.2. The number of hydrogen-bond acceptors (Lipinski definition) is 12. The van der Waals surface area contributed by atoms with Gasteiger partial charge in [0.2, 0.25) is 0 Å². The molecule has 9 atom stereocenters. The van der Waals surface area contributed by atoms with E-state index in [1.807, 2.05) is 0 Å². The lowest BCUT2D eigenvalue weighted by atomic mass is 9.98. The standard InChI is InChI=1S/C21H40O12/c1-23-10-13-15(26-4)17(28-6)19(30-8)21(33-13)32-11-12(24-2)14(25-3)16(27-5)18(29-7)20(22)31-9/h12-19,21H,10-11H2,1-9H3. The molecule has 1 fully saturated rings. The number of methoxy groups -OCH3 is 9. The van der Waals surface area contributed by atoms with Crippen LogP contribution in [-0.4, -0.2) is 138 Å². The van der Waals surface area contributed by atoms with E-state index < -0.39 is 61.1 Å². The molecule has 0 aromatic heterocycles. The van der Waals surface area contributed by atoms with Crippen LogP contribution in [0.4, 0.5) is 0 Å². The summed E-state index contributed by atoms with van der Waals surface area (Å²) in [4.78, 5) is 12.2. The van der Waals surface area contributed by atoms with Crippen molar-refractivity contribution in [3.63, 3.8) is 0 Å². The predicted octanol–water partition coefficient (Wildman–Crippen LogP) is -0.348. The molecule has 0 spiro atoms. The maximum Gasteiger partial charge on any atom is 0.337 e. The topological polar surface area (TPSA) is 119 Å². The first-order valence-corrected chi connectivity index (χ1v) is 10.5. The largest absolute Gasteiger partial charge is 0.467 e. The van der Waals surface area contributed by atoms with Crippen molar-refractivity contribution in [1.29, 1.82) is 0 Å². The molecule has 1 aliphatic rings. The van der Waals surface area contributed by atoms with E-state index in [-0.39, 0.29) is 13.2 Å². The molecule has 0 N–H and O–H groups in total. The Labute approximate surface area is 195 Å². The molecule has 0 aromatic rings. The van der Waals surface area contributed by atoms with Crippen LogP contribution in [0.1, 0.15) is 0 Å². The third-order valence-corrected chi connectivity index (χ3v) is 5.69. The number of esters is 1. The minimum Gasteiger partial charge on any atom is -0.467 e. The molecule has 0 saturated carbocycles. The van der Waals surface area contributed by atoms with E-state index in [2.05, 4.69) is 0 Å². The molecule has 9 unspecified atom stereocenters. The Morgan fingerprint density at radius 1 is 0.758 bits per heavy atom. The van der Waals surface area contributed by atoms with Gasteiger partial charge in [-0.15, -0.1) is 0 Å². The maximum absolute atomic E-state index is 12.2. The lowest BCUT2D eigenvalue weighted by Crippen LogP contribution is -2.61. The van der Waals surface area contributed by atoms with E-state index in [4.69, 9.17) is 52.1 Å². The monoisotopic (exact) mass is 484 g/mol. The first-order chi connectivity index (χ1) is 15.9. The molecule has 196 valence electrons. The summed E-state index contributed by atoms with van der Waals surface area (Å²) >= 11 is 0. The summed E-state index contributed by atoms with van der Waals surface area (Å²) in [5.74, 6) is -0.604. The van der Waals surface area contributed by atoms with Gasteiger partial charge in [0.05, 0.1) is 20.3 Å². The van der Waals surface area contributed by atoms with E-state index in [1.54, 1.807) is 21.3 Å². The molecule has 1 heterocycles. The van der Waals surface area contributed by atoms with E-state index in [0.29, 0.717) is 0 Å². The van der Waals surface area contributed by atoms with Crippen LogP contribution < -0.4 is 0 Å². The zero-order valence-corrected chi connectivity index (χ0v) is 21.0. The van der Waals surface area contributed by atoms with E-state index in [9.17, 15) is 4.79 Å². The highest BCUT2D eigenvalue weighted by Crippen LogP contribution is 2.29. The number of hydrogen-bond donors (Lipinski definition) is 0. The molecule has 1 rings (SSSR count). The van der Waals surface area contributed by atoms with Gasteiger partial charge in [-0.2, -0.15) is 0 Å². The summed E-state index contributed by atoms with van der Waals surface area (Å²) in [6.07, 6.45) is -6.03. The molecular formula is C21H40O12. The normalized spacial score (nSPS) is 29.3. The molecule has 0 bridgehead atoms. The Kier molecular flexibility index (Phi) is 14.5. The Morgan fingerprint density at radius 3 is 1.79 bits per heavy atom. The number of carbonyl (C=O) groups is 1. The molecule has 0 aromatic carbocycles. The first kappa shape index (κ1) is 30.1. The van der Waals surface area contributed by atoms with Crippen molar-refractivity contribution in [3.05, 3.63) is 0 Å². The quantitative estimate of drug-likeness (QED) is 0.267. The molecule has 0 radical (unpaired) electrons.